The number of aromatic nitrogens is 5. The van der Waals surface area contributed by atoms with Crippen LogP contribution in [0.4, 0.5) is 4.39 Å². The molecule has 25 heavy (non-hydrogen) atoms. The van der Waals surface area contributed by atoms with Crippen LogP contribution in [0.15, 0.2) is 20.7 Å². The second kappa shape index (κ2) is 6.79. The van der Waals surface area contributed by atoms with Crippen molar-refractivity contribution >= 4 is 21.6 Å². The zero-order valence-corrected chi connectivity index (χ0v) is 14.7. The van der Waals surface area contributed by atoms with Crippen LogP contribution in [0.1, 0.15) is 23.8 Å². The molecule has 0 aliphatic rings. The Morgan fingerprint density at radius 1 is 1.28 bits per heavy atom. The quantitative estimate of drug-likeness (QED) is 0.699. The summed E-state index contributed by atoms with van der Waals surface area (Å²) in [5, 5.41) is 4.37. The fraction of sp³-hybridized carbons (Fsp3) is 0.467. The van der Waals surface area contributed by atoms with Gasteiger partial charge in [0.25, 0.3) is 5.56 Å². The van der Waals surface area contributed by atoms with Gasteiger partial charge < -0.3 is 0 Å². The van der Waals surface area contributed by atoms with Gasteiger partial charge in [0.2, 0.25) is 0 Å². The molecule has 10 heteroatoms. The predicted molar refractivity (Wildman–Crippen MR) is 93.3 cm³/mol. The number of fused-ring (bicyclic) bond motifs is 1. The Morgan fingerprint density at radius 3 is 2.64 bits per heavy atom. The fourth-order valence-corrected chi connectivity index (χ4v) is 4.11. The average Bonchev–Trinajstić information content (AvgIpc) is 3.12. The van der Waals surface area contributed by atoms with Crippen molar-refractivity contribution in [3.63, 3.8) is 0 Å². The Hall–Kier alpha value is -2.49. The van der Waals surface area contributed by atoms with E-state index in [1.54, 1.807) is 13.8 Å². The summed E-state index contributed by atoms with van der Waals surface area (Å²) in [5.41, 5.74) is -0.416. The van der Waals surface area contributed by atoms with E-state index in [0.29, 0.717) is 10.2 Å². The molecule has 134 valence electrons. The second-order valence-corrected chi connectivity index (χ2v) is 6.69. The molecule has 8 nitrogen and oxygen atoms in total. The van der Waals surface area contributed by atoms with Crippen molar-refractivity contribution in [3.05, 3.63) is 48.1 Å². The number of hydrogen-bond donors (Lipinski definition) is 1. The van der Waals surface area contributed by atoms with E-state index < -0.39 is 12.4 Å². The lowest BCUT2D eigenvalue weighted by molar-refractivity contribution is 0.441. The maximum absolute atomic E-state index is 12.7. The number of thiophene rings is 1. The summed E-state index contributed by atoms with van der Waals surface area (Å²) < 4.78 is 16.5. The van der Waals surface area contributed by atoms with Crippen LogP contribution in [-0.4, -0.2) is 30.6 Å². The lowest BCUT2D eigenvalue weighted by Gasteiger charge is -2.10. The third-order valence-corrected chi connectivity index (χ3v) is 5.44. The highest BCUT2D eigenvalue weighted by atomic mass is 32.1. The van der Waals surface area contributed by atoms with Gasteiger partial charge in [0.1, 0.15) is 11.2 Å². The van der Waals surface area contributed by atoms with Crippen molar-refractivity contribution < 1.29 is 4.39 Å². The summed E-state index contributed by atoms with van der Waals surface area (Å²) in [6.07, 6.45) is 1.49. The molecule has 3 rings (SSSR count). The summed E-state index contributed by atoms with van der Waals surface area (Å²) in [7, 11) is 0. The molecular formula is C15H18FN5O3S. The summed E-state index contributed by atoms with van der Waals surface area (Å²) >= 11 is 1.27. The van der Waals surface area contributed by atoms with Crippen LogP contribution in [0.2, 0.25) is 0 Å². The standard InChI is InChI=1S/C15H18FN5O3S/c1-3-19-12(22)11-9(2)10(7-21-14(23)17-8-18-21)25-13(11)20(15(19)24)6-4-5-16/h8H,3-7H2,1-2H3,(H,17,18,23). The third-order valence-electron chi connectivity index (χ3n) is 4.14. The first-order valence-electron chi connectivity index (χ1n) is 7.91. The molecule has 3 aromatic heterocycles. The van der Waals surface area contributed by atoms with Gasteiger partial charge in [0, 0.05) is 18.0 Å². The van der Waals surface area contributed by atoms with Crippen LogP contribution < -0.4 is 16.9 Å². The van der Waals surface area contributed by atoms with E-state index in [1.165, 1.54) is 26.9 Å². The van der Waals surface area contributed by atoms with Gasteiger partial charge in [-0.1, -0.05) is 0 Å². The van der Waals surface area contributed by atoms with Gasteiger partial charge in [-0.15, -0.1) is 11.3 Å². The van der Waals surface area contributed by atoms with E-state index in [-0.39, 0.29) is 37.3 Å². The molecule has 0 saturated carbocycles. The van der Waals surface area contributed by atoms with Crippen molar-refractivity contribution in [2.45, 2.75) is 39.9 Å². The SMILES string of the molecule is CCn1c(=O)c2c(C)c(Cn3nc[nH]c3=O)sc2n(CCCF)c1=O. The molecule has 1 N–H and O–H groups in total. The predicted octanol–water partition coefficient (Wildman–Crippen LogP) is 0.846. The molecule has 0 saturated heterocycles. The first-order chi connectivity index (χ1) is 12.0. The maximum atomic E-state index is 12.7. The Bertz CT molecular complexity index is 1090. The molecule has 0 atom stereocenters. The molecule has 3 heterocycles. The number of halogens is 1. The van der Waals surface area contributed by atoms with Crippen LogP contribution in [0.5, 0.6) is 0 Å². The average molecular weight is 367 g/mol. The molecule has 0 amide bonds. The van der Waals surface area contributed by atoms with Crippen molar-refractivity contribution in [1.29, 1.82) is 0 Å². The molecule has 0 aliphatic carbocycles. The highest BCUT2D eigenvalue weighted by Crippen LogP contribution is 2.28. The van der Waals surface area contributed by atoms with Gasteiger partial charge in [0.15, 0.2) is 0 Å². The van der Waals surface area contributed by atoms with Crippen LogP contribution >= 0.6 is 11.3 Å². The van der Waals surface area contributed by atoms with Crippen LogP contribution in [0.25, 0.3) is 10.2 Å². The number of hydrogen-bond acceptors (Lipinski definition) is 5. The lowest BCUT2D eigenvalue weighted by atomic mass is 10.2. The summed E-state index contributed by atoms with van der Waals surface area (Å²) in [4.78, 5) is 40.7. The number of nitrogens with zero attached hydrogens (tertiary/aromatic N) is 4. The normalized spacial score (nSPS) is 11.5. The number of rotatable bonds is 6. The minimum Gasteiger partial charge on any atom is -0.295 e. The van der Waals surface area contributed by atoms with Gasteiger partial charge in [-0.2, -0.15) is 5.10 Å². The minimum absolute atomic E-state index is 0.196. The molecule has 0 bridgehead atoms. The Morgan fingerprint density at radius 2 is 2.04 bits per heavy atom. The van der Waals surface area contributed by atoms with Gasteiger partial charge in [-0.25, -0.2) is 14.3 Å². The zero-order chi connectivity index (χ0) is 18.1. The molecular weight excluding hydrogens is 349 g/mol. The number of nitrogens with one attached hydrogen (secondary N) is 1. The molecule has 0 spiro atoms. The van der Waals surface area contributed by atoms with Crippen LogP contribution in [-0.2, 0) is 19.6 Å². The number of aryl methyl sites for hydroxylation is 2. The minimum atomic E-state index is -0.543. The van der Waals surface area contributed by atoms with Crippen LogP contribution in [0, 0.1) is 6.92 Å². The number of H-pyrrole nitrogens is 1. The highest BCUT2D eigenvalue weighted by Gasteiger charge is 2.20. The molecule has 0 radical (unpaired) electrons. The maximum Gasteiger partial charge on any atom is 0.343 e. The highest BCUT2D eigenvalue weighted by molar-refractivity contribution is 7.18. The number of aromatic amines is 1. The largest absolute Gasteiger partial charge is 0.343 e. The lowest BCUT2D eigenvalue weighted by Crippen LogP contribution is -2.39. The van der Waals surface area contributed by atoms with E-state index in [4.69, 9.17) is 0 Å². The van der Waals surface area contributed by atoms with Crippen molar-refractivity contribution in [2.75, 3.05) is 6.67 Å². The first-order valence-corrected chi connectivity index (χ1v) is 8.73. The van der Waals surface area contributed by atoms with Gasteiger partial charge in [-0.05, 0) is 25.8 Å². The second-order valence-electron chi connectivity index (χ2n) is 5.61. The Balaban J connectivity index is 2.26. The fourth-order valence-electron chi connectivity index (χ4n) is 2.81. The van der Waals surface area contributed by atoms with E-state index in [2.05, 4.69) is 10.1 Å². The van der Waals surface area contributed by atoms with Crippen molar-refractivity contribution in [1.82, 2.24) is 23.9 Å². The molecule has 0 aromatic carbocycles. The van der Waals surface area contributed by atoms with Gasteiger partial charge in [0.05, 0.1) is 18.6 Å². The Labute approximate surface area is 145 Å². The van der Waals surface area contributed by atoms with E-state index in [9.17, 15) is 18.8 Å². The van der Waals surface area contributed by atoms with Crippen molar-refractivity contribution in [3.8, 4) is 0 Å². The summed E-state index contributed by atoms with van der Waals surface area (Å²) in [6.45, 7) is 3.62. The van der Waals surface area contributed by atoms with E-state index >= 15 is 0 Å². The van der Waals surface area contributed by atoms with E-state index in [0.717, 1.165) is 15.0 Å². The van der Waals surface area contributed by atoms with E-state index in [1.807, 2.05) is 0 Å². The first kappa shape index (κ1) is 17.3. The third kappa shape index (κ3) is 2.86. The van der Waals surface area contributed by atoms with Gasteiger partial charge in [-0.3, -0.25) is 23.3 Å². The molecule has 3 aromatic rings. The van der Waals surface area contributed by atoms with Gasteiger partial charge >= 0.3 is 11.4 Å². The topological polar surface area (TPSA) is 94.7 Å². The molecule has 0 aliphatic heterocycles. The van der Waals surface area contributed by atoms with Crippen LogP contribution in [0.3, 0.4) is 0 Å². The number of alkyl halides is 1. The monoisotopic (exact) mass is 367 g/mol. The molecule has 0 fully saturated rings. The van der Waals surface area contributed by atoms with Crippen molar-refractivity contribution in [2.24, 2.45) is 0 Å². The Kier molecular flexibility index (Phi) is 4.71. The zero-order valence-electron chi connectivity index (χ0n) is 13.9. The summed E-state index contributed by atoms with van der Waals surface area (Å²) in [6, 6.07) is 0. The summed E-state index contributed by atoms with van der Waals surface area (Å²) in [5.74, 6) is 0. The smallest absolute Gasteiger partial charge is 0.295 e. The molecule has 0 unspecified atom stereocenters.